The maximum atomic E-state index is 14.6. The minimum Gasteiger partial charge on any atom is -0.496 e. The number of pyridine rings is 1. The number of benzene rings is 1. The van der Waals surface area contributed by atoms with Crippen molar-refractivity contribution in [3.63, 3.8) is 0 Å². The number of hydrogen-bond acceptors (Lipinski definition) is 8. The highest BCUT2D eigenvalue weighted by Gasteiger charge is 2.29. The molecule has 0 bridgehead atoms. The number of anilines is 3. The van der Waals surface area contributed by atoms with Crippen LogP contribution < -0.4 is 20.7 Å². The maximum absolute atomic E-state index is 14.6. The van der Waals surface area contributed by atoms with Gasteiger partial charge in [-0.15, -0.1) is 12.4 Å². The highest BCUT2D eigenvalue weighted by molar-refractivity contribution is 5.85. The molecule has 9 nitrogen and oxygen atoms in total. The molecule has 14 heteroatoms. The normalized spacial score (nSPS) is 15.4. The molecule has 0 radical (unpaired) electrons. The molecule has 0 amide bonds. The first-order valence-electron chi connectivity index (χ1n) is 12.2. The van der Waals surface area contributed by atoms with Crippen LogP contribution >= 0.6 is 12.4 Å². The van der Waals surface area contributed by atoms with Crippen molar-refractivity contribution in [2.45, 2.75) is 31.6 Å². The minimum absolute atomic E-state index is 0. The standard InChI is InChI=1S/C26H26F4N8O.ClH/c1-39-21-6-2-5-19(27)24(21)25-32-8-7-22(36-25)35-23-10-20(37-9-3-4-17(31)14-37)18(12-33-23)16-11-34-38(13-16)15-26(28,29)30;/h2,5-8,10-13,17H,3-4,9,14-15,31H2,1H3,(H,32,33,35,36);1H/t17-;/m1./s1. The molecule has 0 spiro atoms. The number of hydrogen-bond donors (Lipinski definition) is 2. The van der Waals surface area contributed by atoms with E-state index in [4.69, 9.17) is 10.5 Å². The van der Waals surface area contributed by atoms with Crippen LogP contribution in [-0.4, -0.2) is 57.1 Å². The second kappa shape index (κ2) is 12.0. The molecule has 1 aliphatic heterocycles. The summed E-state index contributed by atoms with van der Waals surface area (Å²) in [7, 11) is 1.44. The third kappa shape index (κ3) is 6.59. The molecular weight excluding hydrogens is 552 g/mol. The smallest absolute Gasteiger partial charge is 0.408 e. The molecule has 1 saturated heterocycles. The van der Waals surface area contributed by atoms with Gasteiger partial charge in [-0.25, -0.2) is 19.3 Å². The van der Waals surface area contributed by atoms with Crippen molar-refractivity contribution in [2.75, 3.05) is 30.4 Å². The number of ether oxygens (including phenoxy) is 1. The zero-order chi connectivity index (χ0) is 27.6. The lowest BCUT2D eigenvalue weighted by Crippen LogP contribution is -2.43. The molecule has 5 rings (SSSR count). The number of aromatic nitrogens is 5. The maximum Gasteiger partial charge on any atom is 0.408 e. The summed E-state index contributed by atoms with van der Waals surface area (Å²) < 4.78 is 59.4. The van der Waals surface area contributed by atoms with Crippen LogP contribution in [0.3, 0.4) is 0 Å². The summed E-state index contributed by atoms with van der Waals surface area (Å²) in [6.45, 7) is 0.121. The van der Waals surface area contributed by atoms with Gasteiger partial charge in [0.05, 0.1) is 18.9 Å². The van der Waals surface area contributed by atoms with E-state index in [1.165, 1.54) is 37.8 Å². The first kappa shape index (κ1) is 29.0. The number of nitrogens with two attached hydrogens (primary N) is 1. The Hall–Kier alpha value is -3.97. The van der Waals surface area contributed by atoms with E-state index in [0.717, 1.165) is 29.8 Å². The van der Waals surface area contributed by atoms with Gasteiger partial charge in [0, 0.05) is 60.6 Å². The third-order valence-corrected chi connectivity index (χ3v) is 6.30. The van der Waals surface area contributed by atoms with Gasteiger partial charge in [0.25, 0.3) is 0 Å². The van der Waals surface area contributed by atoms with Crippen LogP contribution in [-0.2, 0) is 6.54 Å². The lowest BCUT2D eigenvalue weighted by molar-refractivity contribution is -0.142. The Morgan fingerprint density at radius 1 is 1.15 bits per heavy atom. The Kier molecular flexibility index (Phi) is 8.74. The van der Waals surface area contributed by atoms with Crippen LogP contribution in [0.25, 0.3) is 22.5 Å². The largest absolute Gasteiger partial charge is 0.496 e. The van der Waals surface area contributed by atoms with Gasteiger partial charge in [0.1, 0.15) is 29.7 Å². The van der Waals surface area contributed by atoms with E-state index < -0.39 is 18.5 Å². The van der Waals surface area contributed by atoms with Gasteiger partial charge >= 0.3 is 6.18 Å². The highest BCUT2D eigenvalue weighted by atomic mass is 35.5. The Balaban J connectivity index is 0.00000370. The van der Waals surface area contributed by atoms with E-state index in [0.29, 0.717) is 35.1 Å². The average molecular weight is 579 g/mol. The van der Waals surface area contributed by atoms with E-state index in [1.807, 2.05) is 0 Å². The van der Waals surface area contributed by atoms with Crippen LogP contribution in [0.2, 0.25) is 0 Å². The highest BCUT2D eigenvalue weighted by Crippen LogP contribution is 2.35. The molecule has 4 heterocycles. The molecule has 0 aliphatic carbocycles. The van der Waals surface area contributed by atoms with Gasteiger partial charge in [-0.2, -0.15) is 18.3 Å². The van der Waals surface area contributed by atoms with E-state index in [9.17, 15) is 17.6 Å². The van der Waals surface area contributed by atoms with Gasteiger partial charge in [-0.1, -0.05) is 6.07 Å². The SMILES string of the molecule is COc1cccc(F)c1-c1nccc(Nc2cc(N3CCC[C@@H](N)C3)c(-c3cnn(CC(F)(F)F)c3)cn2)n1.Cl. The molecule has 1 aliphatic rings. The number of alkyl halides is 3. The van der Waals surface area contributed by atoms with Gasteiger partial charge in [0.15, 0.2) is 5.82 Å². The first-order valence-corrected chi connectivity index (χ1v) is 12.2. The zero-order valence-electron chi connectivity index (χ0n) is 21.4. The summed E-state index contributed by atoms with van der Waals surface area (Å²) in [5.74, 6) is 0.699. The Bertz CT molecular complexity index is 1460. The predicted octanol–water partition coefficient (Wildman–Crippen LogP) is 5.21. The van der Waals surface area contributed by atoms with Crippen LogP contribution in [0.15, 0.2) is 55.1 Å². The van der Waals surface area contributed by atoms with E-state index in [-0.39, 0.29) is 29.8 Å². The fourth-order valence-corrected chi connectivity index (χ4v) is 4.57. The van der Waals surface area contributed by atoms with Gasteiger partial charge < -0.3 is 20.7 Å². The van der Waals surface area contributed by atoms with Crippen molar-refractivity contribution in [3.8, 4) is 28.3 Å². The van der Waals surface area contributed by atoms with Crippen molar-refractivity contribution in [2.24, 2.45) is 5.73 Å². The number of methoxy groups -OCH3 is 1. The molecule has 1 atom stereocenters. The number of piperidine rings is 1. The van der Waals surface area contributed by atoms with E-state index in [2.05, 4.69) is 30.3 Å². The number of nitrogens with one attached hydrogen (secondary N) is 1. The summed E-state index contributed by atoms with van der Waals surface area (Å²) >= 11 is 0. The lowest BCUT2D eigenvalue weighted by atomic mass is 10.0. The molecule has 0 saturated carbocycles. The van der Waals surface area contributed by atoms with Crippen LogP contribution in [0.1, 0.15) is 12.8 Å². The molecule has 40 heavy (non-hydrogen) atoms. The fourth-order valence-electron chi connectivity index (χ4n) is 4.57. The van der Waals surface area contributed by atoms with Crippen molar-refractivity contribution in [3.05, 3.63) is 60.9 Å². The van der Waals surface area contributed by atoms with Gasteiger partial charge in [-0.3, -0.25) is 4.68 Å². The van der Waals surface area contributed by atoms with Crippen molar-refractivity contribution < 1.29 is 22.3 Å². The van der Waals surface area contributed by atoms with Crippen molar-refractivity contribution in [1.82, 2.24) is 24.7 Å². The topological polar surface area (TPSA) is 107 Å². The van der Waals surface area contributed by atoms with Crippen molar-refractivity contribution in [1.29, 1.82) is 0 Å². The van der Waals surface area contributed by atoms with E-state index in [1.54, 1.807) is 24.4 Å². The second-order valence-electron chi connectivity index (χ2n) is 9.18. The summed E-state index contributed by atoms with van der Waals surface area (Å²) in [5.41, 5.74) is 8.23. The molecule has 0 unspecified atom stereocenters. The van der Waals surface area contributed by atoms with Crippen LogP contribution in [0.5, 0.6) is 5.75 Å². The number of rotatable bonds is 7. The molecule has 3 aromatic heterocycles. The monoisotopic (exact) mass is 578 g/mol. The summed E-state index contributed by atoms with van der Waals surface area (Å²) in [5, 5.41) is 7.00. The number of nitrogens with zero attached hydrogens (tertiary/aromatic N) is 6. The summed E-state index contributed by atoms with van der Waals surface area (Å²) in [4.78, 5) is 15.2. The summed E-state index contributed by atoms with van der Waals surface area (Å²) in [6, 6.07) is 7.82. The average Bonchev–Trinajstić information content (AvgIpc) is 3.35. The first-order chi connectivity index (χ1) is 18.7. The van der Waals surface area contributed by atoms with Gasteiger partial charge in [0.2, 0.25) is 0 Å². The zero-order valence-corrected chi connectivity index (χ0v) is 22.2. The van der Waals surface area contributed by atoms with E-state index >= 15 is 0 Å². The molecule has 212 valence electrons. The van der Waals surface area contributed by atoms with Crippen LogP contribution in [0, 0.1) is 5.82 Å². The second-order valence-corrected chi connectivity index (χ2v) is 9.18. The molecule has 3 N–H and O–H groups in total. The lowest BCUT2D eigenvalue weighted by Gasteiger charge is -2.34. The Morgan fingerprint density at radius 2 is 1.98 bits per heavy atom. The number of halogens is 5. The fraction of sp³-hybridized carbons (Fsp3) is 0.308. The Morgan fingerprint density at radius 3 is 2.73 bits per heavy atom. The molecule has 1 fully saturated rings. The predicted molar refractivity (Wildman–Crippen MR) is 145 cm³/mol. The van der Waals surface area contributed by atoms with Gasteiger partial charge in [-0.05, 0) is 31.0 Å². The van der Waals surface area contributed by atoms with Crippen molar-refractivity contribution >= 4 is 29.7 Å². The molecular formula is C26H27ClF4N8O. The molecule has 1 aromatic carbocycles. The van der Waals surface area contributed by atoms with Crippen LogP contribution in [0.4, 0.5) is 34.9 Å². The third-order valence-electron chi connectivity index (χ3n) is 6.30. The quantitative estimate of drug-likeness (QED) is 0.288. The minimum atomic E-state index is -4.39. The summed E-state index contributed by atoms with van der Waals surface area (Å²) in [6.07, 6.45) is 3.18. The Labute approximate surface area is 233 Å². The molecule has 4 aromatic rings.